The van der Waals surface area contributed by atoms with E-state index in [-0.39, 0.29) is 17.5 Å². The Balaban J connectivity index is 1.49. The summed E-state index contributed by atoms with van der Waals surface area (Å²) in [5.74, 6) is -0.466. The van der Waals surface area contributed by atoms with Crippen LogP contribution in [0.25, 0.3) is 11.3 Å². The van der Waals surface area contributed by atoms with Crippen LogP contribution in [0.1, 0.15) is 36.6 Å². The molecule has 0 fully saturated rings. The number of benzene rings is 1. The number of hydrogen-bond donors (Lipinski definition) is 1. The molecule has 5 rings (SSSR count). The molecule has 0 aliphatic carbocycles. The van der Waals surface area contributed by atoms with Gasteiger partial charge >= 0.3 is 0 Å². The summed E-state index contributed by atoms with van der Waals surface area (Å²) in [6.45, 7) is 6.85. The van der Waals surface area contributed by atoms with Crippen molar-refractivity contribution in [3.8, 4) is 17.0 Å². The number of nitrogens with one attached hydrogen (secondary N) is 1. The van der Waals surface area contributed by atoms with Crippen LogP contribution in [0.5, 0.6) is 5.75 Å². The molecule has 166 valence electrons. The maximum absolute atomic E-state index is 14.9. The molecule has 0 unspecified atom stereocenters. The average Bonchev–Trinajstić information content (AvgIpc) is 2.79. The van der Waals surface area contributed by atoms with Crippen LogP contribution in [0.3, 0.4) is 0 Å². The largest absolute Gasteiger partial charge is 0.486 e. The molecule has 0 spiro atoms. The van der Waals surface area contributed by atoms with Crippen molar-refractivity contribution < 1.29 is 13.5 Å². The van der Waals surface area contributed by atoms with Crippen LogP contribution in [0.2, 0.25) is 0 Å². The molecule has 0 saturated carbocycles. The first-order valence-electron chi connectivity index (χ1n) is 10.9. The molecule has 2 aliphatic heterocycles. The highest BCUT2D eigenvalue weighted by atomic mass is 19.1. The third kappa shape index (κ3) is 3.90. The predicted molar refractivity (Wildman–Crippen MR) is 118 cm³/mol. The quantitative estimate of drug-likeness (QED) is 0.672. The van der Waals surface area contributed by atoms with Crippen LogP contribution in [0.15, 0.2) is 30.5 Å². The summed E-state index contributed by atoms with van der Waals surface area (Å²) in [5.41, 5.74) is 4.16. The molecule has 4 heterocycles. The van der Waals surface area contributed by atoms with Crippen LogP contribution in [0, 0.1) is 11.6 Å². The van der Waals surface area contributed by atoms with Crippen molar-refractivity contribution in [2.24, 2.45) is 0 Å². The van der Waals surface area contributed by atoms with Gasteiger partial charge in [0.2, 0.25) is 0 Å². The maximum atomic E-state index is 14.9. The predicted octanol–water partition coefficient (Wildman–Crippen LogP) is 3.66. The van der Waals surface area contributed by atoms with Gasteiger partial charge in [0.15, 0.2) is 17.4 Å². The second-order valence-electron chi connectivity index (χ2n) is 8.44. The molecule has 0 bridgehead atoms. The zero-order valence-electron chi connectivity index (χ0n) is 18.2. The molecule has 2 aliphatic rings. The molecule has 8 heteroatoms. The number of halogens is 2. The van der Waals surface area contributed by atoms with Crippen LogP contribution in [-0.4, -0.2) is 40.7 Å². The van der Waals surface area contributed by atoms with Gasteiger partial charge in [0.05, 0.1) is 24.8 Å². The minimum Gasteiger partial charge on any atom is -0.486 e. The molecule has 0 atom stereocenters. The van der Waals surface area contributed by atoms with E-state index in [9.17, 15) is 8.78 Å². The molecule has 0 saturated heterocycles. The zero-order valence-corrected chi connectivity index (χ0v) is 18.2. The molecule has 3 aromatic rings. The van der Waals surface area contributed by atoms with Crippen LogP contribution in [-0.2, 0) is 19.4 Å². The topological polar surface area (TPSA) is 63.2 Å². The summed E-state index contributed by atoms with van der Waals surface area (Å²) in [6, 6.07) is 7.20. The van der Waals surface area contributed by atoms with Crippen molar-refractivity contribution in [2.45, 2.75) is 39.3 Å². The molecule has 0 amide bonds. The Kier molecular flexibility index (Phi) is 5.46. The highest BCUT2D eigenvalue weighted by molar-refractivity contribution is 5.72. The summed E-state index contributed by atoms with van der Waals surface area (Å²) >= 11 is 0. The zero-order chi connectivity index (χ0) is 22.2. The second-order valence-corrected chi connectivity index (χ2v) is 8.44. The summed E-state index contributed by atoms with van der Waals surface area (Å²) in [7, 11) is 0. The van der Waals surface area contributed by atoms with Gasteiger partial charge in [-0.25, -0.2) is 18.7 Å². The smallest absolute Gasteiger partial charge is 0.178 e. The number of anilines is 1. The lowest BCUT2D eigenvalue weighted by atomic mass is 10.1. The summed E-state index contributed by atoms with van der Waals surface area (Å²) < 4.78 is 35.1. The second kappa shape index (κ2) is 8.43. The van der Waals surface area contributed by atoms with Crippen molar-refractivity contribution in [1.29, 1.82) is 0 Å². The minimum absolute atomic E-state index is 0.0770. The van der Waals surface area contributed by atoms with Gasteiger partial charge in [0.1, 0.15) is 18.1 Å². The van der Waals surface area contributed by atoms with Gasteiger partial charge in [-0.05, 0) is 37.6 Å². The number of fused-ring (bicyclic) bond motifs is 2. The average molecular weight is 437 g/mol. The Hall–Kier alpha value is -3.13. The number of nitrogens with zero attached hydrogens (tertiary/aromatic N) is 4. The molecular formula is C24H25F2N5O. The monoisotopic (exact) mass is 437 g/mol. The maximum Gasteiger partial charge on any atom is 0.178 e. The van der Waals surface area contributed by atoms with Crippen molar-refractivity contribution in [2.75, 3.05) is 24.6 Å². The van der Waals surface area contributed by atoms with Gasteiger partial charge in [-0.3, -0.25) is 4.98 Å². The molecule has 32 heavy (non-hydrogen) atoms. The number of hydrogen-bond acceptors (Lipinski definition) is 6. The Bertz CT molecular complexity index is 1170. The van der Waals surface area contributed by atoms with Crippen LogP contribution >= 0.6 is 0 Å². The summed E-state index contributed by atoms with van der Waals surface area (Å²) in [6.07, 6.45) is 2.40. The third-order valence-electron chi connectivity index (χ3n) is 5.92. The van der Waals surface area contributed by atoms with Gasteiger partial charge in [0.25, 0.3) is 0 Å². The van der Waals surface area contributed by atoms with E-state index in [4.69, 9.17) is 9.72 Å². The Labute approximate surface area is 185 Å². The van der Waals surface area contributed by atoms with Crippen molar-refractivity contribution in [3.05, 3.63) is 64.9 Å². The Morgan fingerprint density at radius 1 is 1.16 bits per heavy atom. The highest BCUT2D eigenvalue weighted by Gasteiger charge is 2.25. The molecule has 6 nitrogen and oxygen atoms in total. The third-order valence-corrected chi connectivity index (χ3v) is 5.92. The van der Waals surface area contributed by atoms with Gasteiger partial charge < -0.3 is 15.0 Å². The van der Waals surface area contributed by atoms with Gasteiger partial charge in [-0.1, -0.05) is 6.07 Å². The standard InChI is InChI=1S/C24H25F2N5O/c1-14(2)31-7-8-32-24-18(25)9-16(10-21(24)31)23-19(26)13-28-22(30-23)11-17-4-3-15-12-27-6-5-20(15)29-17/h3-4,9-10,13-14,27H,5-8,11-12H2,1-2H3. The number of ether oxygens (including phenoxy) is 1. The summed E-state index contributed by atoms with van der Waals surface area (Å²) in [4.78, 5) is 15.4. The lowest BCUT2D eigenvalue weighted by Gasteiger charge is -2.34. The first kappa shape index (κ1) is 20.8. The van der Waals surface area contributed by atoms with Crippen molar-refractivity contribution in [1.82, 2.24) is 20.3 Å². The number of pyridine rings is 1. The Morgan fingerprint density at radius 3 is 2.88 bits per heavy atom. The number of aromatic nitrogens is 3. The van der Waals surface area contributed by atoms with E-state index < -0.39 is 11.6 Å². The van der Waals surface area contributed by atoms with Gasteiger partial charge in [0, 0.05) is 42.5 Å². The van der Waals surface area contributed by atoms with E-state index in [1.54, 1.807) is 6.07 Å². The molecule has 0 radical (unpaired) electrons. The van der Waals surface area contributed by atoms with Crippen LogP contribution in [0.4, 0.5) is 14.5 Å². The van der Waals surface area contributed by atoms with Crippen molar-refractivity contribution >= 4 is 5.69 Å². The molecule has 1 aromatic carbocycles. The fraction of sp³-hybridized carbons (Fsp3) is 0.375. The van der Waals surface area contributed by atoms with Crippen LogP contribution < -0.4 is 15.0 Å². The van der Waals surface area contributed by atoms with Crippen molar-refractivity contribution in [3.63, 3.8) is 0 Å². The van der Waals surface area contributed by atoms with E-state index in [1.165, 1.54) is 11.6 Å². The first-order valence-corrected chi connectivity index (χ1v) is 10.9. The highest BCUT2D eigenvalue weighted by Crippen LogP contribution is 2.39. The van der Waals surface area contributed by atoms with E-state index in [1.807, 2.05) is 19.9 Å². The fourth-order valence-corrected chi connectivity index (χ4v) is 4.31. The van der Waals surface area contributed by atoms with Gasteiger partial charge in [-0.15, -0.1) is 0 Å². The minimum atomic E-state index is -0.592. The van der Waals surface area contributed by atoms with E-state index >= 15 is 0 Å². The van der Waals surface area contributed by atoms with E-state index in [2.05, 4.69) is 26.3 Å². The SMILES string of the molecule is CC(C)N1CCOc2c(F)cc(-c3nc(Cc4ccc5c(n4)CCNC5)ncc3F)cc21. The van der Waals surface area contributed by atoms with Gasteiger partial charge in [-0.2, -0.15) is 0 Å². The molecular weight excluding hydrogens is 412 g/mol. The fourth-order valence-electron chi connectivity index (χ4n) is 4.31. The lowest BCUT2D eigenvalue weighted by molar-refractivity contribution is 0.287. The molecule has 1 N–H and O–H groups in total. The normalized spacial score (nSPS) is 15.3. The molecule has 2 aromatic heterocycles. The van der Waals surface area contributed by atoms with E-state index in [0.717, 1.165) is 37.1 Å². The Morgan fingerprint density at radius 2 is 2.03 bits per heavy atom. The first-order chi connectivity index (χ1) is 15.5. The lowest BCUT2D eigenvalue weighted by Crippen LogP contribution is -2.38. The van der Waals surface area contributed by atoms with E-state index in [0.29, 0.717) is 36.6 Å². The summed E-state index contributed by atoms with van der Waals surface area (Å²) in [5, 5.41) is 3.33. The number of rotatable bonds is 4.